The lowest BCUT2D eigenvalue weighted by molar-refractivity contribution is -0.136. The summed E-state index contributed by atoms with van der Waals surface area (Å²) in [7, 11) is 3.34. The van der Waals surface area contributed by atoms with Gasteiger partial charge in [-0.05, 0) is 94.0 Å². The van der Waals surface area contributed by atoms with Crippen LogP contribution in [0.3, 0.4) is 0 Å². The number of anilines is 5. The number of rotatable bonds is 15. The van der Waals surface area contributed by atoms with E-state index >= 15 is 0 Å². The maximum absolute atomic E-state index is 13.9. The van der Waals surface area contributed by atoms with Gasteiger partial charge in [0.2, 0.25) is 23.7 Å². The minimum atomic E-state index is -0.538. The van der Waals surface area contributed by atoms with Crippen LogP contribution in [-0.4, -0.2) is 132 Å². The largest absolute Gasteiger partial charge is 0.495 e. The Balaban J connectivity index is 0.823. The Morgan fingerprint density at radius 1 is 0.954 bits per heavy atom. The van der Waals surface area contributed by atoms with Crippen LogP contribution < -0.4 is 40.7 Å². The van der Waals surface area contributed by atoms with Crippen LogP contribution in [0.15, 0.2) is 42.7 Å². The maximum Gasteiger partial charge on any atom is 0.269 e. The smallest absolute Gasteiger partial charge is 0.269 e. The highest BCUT2D eigenvalue weighted by Gasteiger charge is 2.42. The molecule has 4 fully saturated rings. The number of imide groups is 1. The van der Waals surface area contributed by atoms with Crippen LogP contribution in [-0.2, 0) is 14.4 Å². The highest BCUT2D eigenvalue weighted by Crippen LogP contribution is 2.41. The van der Waals surface area contributed by atoms with Gasteiger partial charge in [0.1, 0.15) is 23.2 Å². The number of hydrogen-bond donors (Lipinski definition) is 5. The van der Waals surface area contributed by atoms with Crippen molar-refractivity contribution in [2.24, 2.45) is 11.8 Å². The Morgan fingerprint density at radius 2 is 1.72 bits per heavy atom. The normalized spacial score (nSPS) is 21.8. The molecule has 348 valence electrons. The summed E-state index contributed by atoms with van der Waals surface area (Å²) in [6.45, 7) is 6.51. The summed E-state index contributed by atoms with van der Waals surface area (Å²) in [6, 6.07) is 8.85. The Morgan fingerprint density at radius 3 is 2.40 bits per heavy atom. The van der Waals surface area contributed by atoms with Gasteiger partial charge in [-0.1, -0.05) is 19.8 Å². The second-order valence-corrected chi connectivity index (χ2v) is 18.3. The molecule has 3 aromatic rings. The van der Waals surface area contributed by atoms with Crippen LogP contribution in [0.1, 0.15) is 105 Å². The van der Waals surface area contributed by atoms with Crippen LogP contribution in [0.5, 0.6) is 5.75 Å². The third kappa shape index (κ3) is 10.2. The van der Waals surface area contributed by atoms with Crippen LogP contribution in [0.2, 0.25) is 0 Å². The van der Waals surface area contributed by atoms with Gasteiger partial charge in [0.05, 0.1) is 36.8 Å². The average molecular weight is 894 g/mol. The molecule has 6 heterocycles. The van der Waals surface area contributed by atoms with E-state index in [0.717, 1.165) is 95.6 Å². The fourth-order valence-electron chi connectivity index (χ4n) is 10.3. The van der Waals surface area contributed by atoms with E-state index in [1.165, 1.54) is 0 Å². The summed E-state index contributed by atoms with van der Waals surface area (Å²) < 4.78 is 5.77. The monoisotopic (exact) mass is 893 g/mol. The Hall–Kier alpha value is -5.88. The molecule has 18 nitrogen and oxygen atoms in total. The molecular formula is C47H63N11O7. The lowest BCUT2D eigenvalue weighted by atomic mass is 9.83. The fraction of sp³-hybridized carbons (Fsp3) is 0.574. The molecule has 65 heavy (non-hydrogen) atoms. The minimum Gasteiger partial charge on any atom is -0.495 e. The maximum atomic E-state index is 13.9. The quantitative estimate of drug-likeness (QED) is 0.138. The number of piperidine rings is 3. The van der Waals surface area contributed by atoms with E-state index in [4.69, 9.17) is 9.72 Å². The van der Waals surface area contributed by atoms with Gasteiger partial charge < -0.3 is 45.4 Å². The Kier molecular flexibility index (Phi) is 14.1. The third-order valence-electron chi connectivity index (χ3n) is 14.2. The number of carbonyl (C=O) groups excluding carboxylic acids is 5. The molecule has 1 aliphatic carbocycles. The molecule has 0 bridgehead atoms. The van der Waals surface area contributed by atoms with Crippen molar-refractivity contribution in [1.29, 1.82) is 0 Å². The van der Waals surface area contributed by atoms with E-state index in [9.17, 15) is 29.1 Å². The molecule has 5 N–H and O–H groups in total. The summed E-state index contributed by atoms with van der Waals surface area (Å²) in [5.41, 5.74) is 2.44. The molecule has 5 aliphatic rings. The molecule has 1 unspecified atom stereocenters. The number of pyridine rings is 1. The fourth-order valence-corrected chi connectivity index (χ4v) is 10.3. The van der Waals surface area contributed by atoms with Crippen LogP contribution in [0.25, 0.3) is 0 Å². The predicted octanol–water partition coefficient (Wildman–Crippen LogP) is 3.77. The lowest BCUT2D eigenvalue weighted by Crippen LogP contribution is -2.56. The highest BCUT2D eigenvalue weighted by molar-refractivity contribution is 6.04. The molecule has 4 aliphatic heterocycles. The summed E-state index contributed by atoms with van der Waals surface area (Å²) in [5, 5.41) is 21.8. The van der Waals surface area contributed by atoms with E-state index < -0.39 is 11.5 Å². The first-order chi connectivity index (χ1) is 31.5. The first-order valence-electron chi connectivity index (χ1n) is 23.3. The lowest BCUT2D eigenvalue weighted by Gasteiger charge is -2.44. The van der Waals surface area contributed by atoms with Gasteiger partial charge in [-0.2, -0.15) is 4.98 Å². The van der Waals surface area contributed by atoms with Gasteiger partial charge in [-0.25, -0.2) is 9.97 Å². The summed E-state index contributed by atoms with van der Waals surface area (Å²) >= 11 is 0. The molecule has 2 atom stereocenters. The number of aliphatic hydroxyl groups is 1. The van der Waals surface area contributed by atoms with E-state index in [2.05, 4.69) is 45.9 Å². The molecule has 0 radical (unpaired) electrons. The number of aromatic nitrogens is 3. The van der Waals surface area contributed by atoms with Crippen molar-refractivity contribution in [2.75, 3.05) is 80.0 Å². The summed E-state index contributed by atoms with van der Waals surface area (Å²) in [4.78, 5) is 85.9. The van der Waals surface area contributed by atoms with Gasteiger partial charge in [0.15, 0.2) is 5.82 Å². The van der Waals surface area contributed by atoms with E-state index in [1.807, 2.05) is 13.0 Å². The van der Waals surface area contributed by atoms with Crippen molar-refractivity contribution < 1.29 is 33.8 Å². The second kappa shape index (κ2) is 20.1. The van der Waals surface area contributed by atoms with Crippen LogP contribution in [0, 0.1) is 11.8 Å². The number of ether oxygens (including phenoxy) is 1. The zero-order valence-electron chi connectivity index (χ0n) is 37.8. The van der Waals surface area contributed by atoms with E-state index in [1.54, 1.807) is 55.7 Å². The van der Waals surface area contributed by atoms with Crippen molar-refractivity contribution in [3.63, 3.8) is 0 Å². The van der Waals surface area contributed by atoms with Crippen molar-refractivity contribution in [2.45, 2.75) is 102 Å². The Bertz CT molecular complexity index is 2220. The zero-order chi connectivity index (χ0) is 45.7. The van der Waals surface area contributed by atoms with Crippen molar-refractivity contribution >= 4 is 58.4 Å². The number of carbonyl (C=O) groups is 5. The number of aliphatic hydroxyl groups excluding tert-OH is 1. The molecule has 2 aromatic heterocycles. The van der Waals surface area contributed by atoms with Gasteiger partial charge in [0.25, 0.3) is 11.8 Å². The molecule has 5 amide bonds. The van der Waals surface area contributed by atoms with Gasteiger partial charge in [-0.3, -0.25) is 29.3 Å². The minimum absolute atomic E-state index is 0.0320. The molecule has 1 saturated carbocycles. The van der Waals surface area contributed by atoms with Crippen molar-refractivity contribution in [3.8, 4) is 5.75 Å². The number of likely N-dealkylation sites (N-methyl/N-ethyl adjacent to an activating group) is 1. The topological polar surface area (TPSA) is 215 Å². The zero-order valence-corrected chi connectivity index (χ0v) is 37.8. The van der Waals surface area contributed by atoms with Crippen LogP contribution in [0.4, 0.5) is 28.8 Å². The van der Waals surface area contributed by atoms with Gasteiger partial charge >= 0.3 is 0 Å². The Labute approximate surface area is 380 Å². The summed E-state index contributed by atoms with van der Waals surface area (Å²) in [5.74, 6) is 0.512. The molecule has 8 rings (SSSR count). The van der Waals surface area contributed by atoms with Crippen molar-refractivity contribution in [3.05, 3.63) is 54.0 Å². The van der Waals surface area contributed by atoms with Crippen LogP contribution >= 0.6 is 0 Å². The summed E-state index contributed by atoms with van der Waals surface area (Å²) in [6.07, 6.45) is 13.1. The van der Waals surface area contributed by atoms with E-state index in [0.29, 0.717) is 53.8 Å². The third-order valence-corrected chi connectivity index (χ3v) is 14.2. The number of fused-ring (bicyclic) bond motifs is 1. The molecule has 3 saturated heterocycles. The number of nitrogens with one attached hydrogen (secondary N) is 4. The SMILES string of the molecule is CC[C@@H]1C(=O)N(C)c2cnc(Nc3ccc(C(=O)NC4(CCO)CCN(CC5CCN(c6ccc(C(=O)NCC7CCC(=O)NC7=O)nc6)CC5)CC4)cc3OC)nc2N1C1CCCC1. The molecule has 1 aromatic carbocycles. The first-order valence-corrected chi connectivity index (χ1v) is 23.3. The van der Waals surface area contributed by atoms with E-state index in [-0.39, 0.29) is 66.9 Å². The van der Waals surface area contributed by atoms with Gasteiger partial charge in [0, 0.05) is 76.5 Å². The number of methoxy groups -OCH3 is 1. The molecule has 0 spiro atoms. The highest BCUT2D eigenvalue weighted by atomic mass is 16.5. The number of likely N-dealkylation sites (tertiary alicyclic amines) is 1. The standard InChI is InChI=1S/C47H63N11O7/c1-4-37-45(64)55(2)38-28-50-46(53-41(38)58(37)33-7-5-6-8-33)51-35-12-9-31(25-39(35)65-3)43(62)54-47(19-24-59)17-22-56(23-18-47)29-30-15-20-57(21-16-30)34-11-13-36(48-27-34)44(63)49-26-32-10-14-40(60)52-42(32)61/h9,11-13,25,27-28,30,32-33,37,59H,4-8,10,14-24,26,29H2,1-3H3,(H,49,63)(H,54,62)(H,50,51,53)(H,52,60,61)/t32?,37-/m1/s1. The number of nitrogens with zero attached hydrogens (tertiary/aromatic N) is 7. The predicted molar refractivity (Wildman–Crippen MR) is 245 cm³/mol. The number of benzene rings is 1. The second-order valence-electron chi connectivity index (χ2n) is 18.3. The molecular weight excluding hydrogens is 831 g/mol. The van der Waals surface area contributed by atoms with Crippen molar-refractivity contribution in [1.82, 2.24) is 35.8 Å². The number of hydrogen-bond acceptors (Lipinski definition) is 14. The first kappa shape index (κ1) is 45.7. The number of amides is 5. The average Bonchev–Trinajstić information content (AvgIpc) is 3.86. The molecule has 18 heteroatoms. The van der Waals surface area contributed by atoms with Gasteiger partial charge in [-0.15, -0.1) is 0 Å².